The summed E-state index contributed by atoms with van der Waals surface area (Å²) in [6.45, 7) is 9.01. The van der Waals surface area contributed by atoms with Crippen LogP contribution in [-0.4, -0.2) is 30.3 Å². The maximum Gasteiger partial charge on any atom is 0.0793 e. The first-order chi connectivity index (χ1) is 6.28. The van der Waals surface area contributed by atoms with Crippen molar-refractivity contribution in [1.29, 1.82) is 0 Å². The van der Waals surface area contributed by atoms with Crippen molar-refractivity contribution in [1.82, 2.24) is 0 Å². The third-order valence-electron chi connectivity index (χ3n) is 3.05. The molecule has 2 nitrogen and oxygen atoms in total. The second-order valence-electron chi connectivity index (χ2n) is 5.24. The van der Waals surface area contributed by atoms with E-state index in [1.807, 2.05) is 13.8 Å². The predicted octanol–water partition coefficient (Wildman–Crippen LogP) is 2.83. The first-order valence-electron chi connectivity index (χ1n) is 5.12. The van der Waals surface area contributed by atoms with Crippen LogP contribution in [0.2, 0.25) is 0 Å². The minimum Gasteiger partial charge on any atom is -0.379 e. The van der Waals surface area contributed by atoms with Crippen LogP contribution in [0, 0.1) is 5.92 Å². The Morgan fingerprint density at radius 1 is 1.50 bits per heavy atom. The van der Waals surface area contributed by atoms with Gasteiger partial charge in [0.05, 0.1) is 23.2 Å². The van der Waals surface area contributed by atoms with Crippen molar-refractivity contribution < 1.29 is 9.47 Å². The lowest BCUT2D eigenvalue weighted by Gasteiger charge is -2.29. The third kappa shape index (κ3) is 2.62. The molecule has 1 aliphatic rings. The molecule has 3 heteroatoms. The van der Waals surface area contributed by atoms with Crippen LogP contribution in [-0.2, 0) is 9.47 Å². The van der Waals surface area contributed by atoms with Crippen LogP contribution in [0.1, 0.15) is 34.1 Å². The fourth-order valence-electron chi connectivity index (χ4n) is 1.93. The van der Waals surface area contributed by atoms with E-state index in [-0.39, 0.29) is 16.6 Å². The Balaban J connectivity index is 2.57. The van der Waals surface area contributed by atoms with E-state index in [9.17, 15) is 0 Å². The Morgan fingerprint density at radius 2 is 2.07 bits per heavy atom. The average Bonchev–Trinajstić information content (AvgIpc) is 2.32. The molecule has 0 N–H and O–H groups in total. The highest BCUT2D eigenvalue weighted by Crippen LogP contribution is 2.38. The van der Waals surface area contributed by atoms with E-state index in [2.05, 4.69) is 13.8 Å². The molecule has 0 saturated carbocycles. The minimum atomic E-state index is -0.198. The van der Waals surface area contributed by atoms with E-state index >= 15 is 0 Å². The van der Waals surface area contributed by atoms with Gasteiger partial charge in [-0.05, 0) is 34.1 Å². The highest BCUT2D eigenvalue weighted by molar-refractivity contribution is 6.21. The van der Waals surface area contributed by atoms with E-state index in [1.54, 1.807) is 7.11 Å². The Hall–Kier alpha value is 0.210. The van der Waals surface area contributed by atoms with Gasteiger partial charge in [-0.15, -0.1) is 11.6 Å². The number of alkyl halides is 1. The van der Waals surface area contributed by atoms with Crippen molar-refractivity contribution in [3.63, 3.8) is 0 Å². The molecule has 0 radical (unpaired) electrons. The Kier molecular flexibility index (Phi) is 3.50. The van der Waals surface area contributed by atoms with E-state index in [4.69, 9.17) is 21.1 Å². The lowest BCUT2D eigenvalue weighted by Crippen LogP contribution is -2.34. The van der Waals surface area contributed by atoms with E-state index in [0.717, 1.165) is 13.0 Å². The highest BCUT2D eigenvalue weighted by atomic mass is 35.5. The van der Waals surface area contributed by atoms with E-state index < -0.39 is 0 Å². The molecule has 0 spiro atoms. The van der Waals surface area contributed by atoms with Gasteiger partial charge in [0, 0.05) is 13.0 Å². The van der Waals surface area contributed by atoms with Gasteiger partial charge in [0.15, 0.2) is 0 Å². The number of ether oxygens (including phenoxy) is 2. The van der Waals surface area contributed by atoms with Gasteiger partial charge in [0.2, 0.25) is 0 Å². The monoisotopic (exact) mass is 220 g/mol. The van der Waals surface area contributed by atoms with Crippen molar-refractivity contribution in [3.8, 4) is 0 Å². The van der Waals surface area contributed by atoms with Gasteiger partial charge in [0.25, 0.3) is 0 Å². The molecule has 1 aliphatic heterocycles. The minimum absolute atomic E-state index is 0.0805. The first-order valence-corrected chi connectivity index (χ1v) is 5.55. The van der Waals surface area contributed by atoms with Crippen LogP contribution in [0.3, 0.4) is 0 Å². The number of halogens is 1. The van der Waals surface area contributed by atoms with Gasteiger partial charge in [-0.1, -0.05) is 0 Å². The van der Waals surface area contributed by atoms with Gasteiger partial charge in [0.1, 0.15) is 0 Å². The fraction of sp³-hybridized carbons (Fsp3) is 1.00. The van der Waals surface area contributed by atoms with E-state index in [1.165, 1.54) is 0 Å². The molecule has 1 saturated heterocycles. The second-order valence-corrected chi connectivity index (χ2v) is 5.71. The summed E-state index contributed by atoms with van der Waals surface area (Å²) >= 11 is 6.35. The van der Waals surface area contributed by atoms with Crippen LogP contribution in [0.4, 0.5) is 0 Å². The lowest BCUT2D eigenvalue weighted by molar-refractivity contribution is -0.00129. The van der Waals surface area contributed by atoms with Crippen molar-refractivity contribution in [3.05, 3.63) is 0 Å². The second kappa shape index (κ2) is 3.99. The maximum absolute atomic E-state index is 6.35. The number of hydrogen-bond acceptors (Lipinski definition) is 2. The highest BCUT2D eigenvalue weighted by Gasteiger charge is 2.43. The zero-order valence-electron chi connectivity index (χ0n) is 9.76. The van der Waals surface area contributed by atoms with Gasteiger partial charge >= 0.3 is 0 Å². The zero-order valence-corrected chi connectivity index (χ0v) is 10.5. The van der Waals surface area contributed by atoms with Crippen LogP contribution >= 0.6 is 11.6 Å². The van der Waals surface area contributed by atoms with Crippen LogP contribution in [0.15, 0.2) is 0 Å². The lowest BCUT2D eigenvalue weighted by atomic mass is 9.88. The molecule has 2 atom stereocenters. The van der Waals surface area contributed by atoms with Gasteiger partial charge < -0.3 is 9.47 Å². The molecule has 1 rings (SSSR count). The number of rotatable bonds is 3. The Bertz CT molecular complexity index is 201. The van der Waals surface area contributed by atoms with Crippen molar-refractivity contribution in [2.45, 2.75) is 50.7 Å². The SMILES string of the molecule is COC(C)(C)CC1COC(C)(C)C1Cl. The average molecular weight is 221 g/mol. The standard InChI is InChI=1S/C11H21ClO2/c1-10(2,13-5)6-8-7-14-11(3,4)9(8)12/h8-9H,6-7H2,1-5H3. The molecular formula is C11H21ClO2. The van der Waals surface area contributed by atoms with Gasteiger partial charge in [-0.3, -0.25) is 0 Å². The molecule has 2 unspecified atom stereocenters. The van der Waals surface area contributed by atoms with Crippen LogP contribution in [0.25, 0.3) is 0 Å². The molecule has 84 valence electrons. The molecule has 0 aromatic rings. The fourth-order valence-corrected chi connectivity index (χ4v) is 2.16. The summed E-state index contributed by atoms with van der Waals surface area (Å²) in [5.41, 5.74) is -0.308. The van der Waals surface area contributed by atoms with Crippen LogP contribution < -0.4 is 0 Å². The number of methoxy groups -OCH3 is 1. The molecule has 1 heterocycles. The topological polar surface area (TPSA) is 18.5 Å². The molecule has 0 aromatic heterocycles. The van der Waals surface area contributed by atoms with Crippen molar-refractivity contribution in [2.24, 2.45) is 5.92 Å². The summed E-state index contributed by atoms with van der Waals surface area (Å²) in [6, 6.07) is 0. The molecular weight excluding hydrogens is 200 g/mol. The molecule has 0 aliphatic carbocycles. The predicted molar refractivity (Wildman–Crippen MR) is 58.9 cm³/mol. The summed E-state index contributed by atoms with van der Waals surface area (Å²) in [4.78, 5) is 0. The van der Waals surface area contributed by atoms with Gasteiger partial charge in [-0.25, -0.2) is 0 Å². The Labute approximate surface area is 91.9 Å². The maximum atomic E-state index is 6.35. The van der Waals surface area contributed by atoms with Crippen LogP contribution in [0.5, 0.6) is 0 Å². The summed E-state index contributed by atoms with van der Waals surface area (Å²) in [7, 11) is 1.74. The van der Waals surface area contributed by atoms with Crippen molar-refractivity contribution in [2.75, 3.05) is 13.7 Å². The summed E-state index contributed by atoms with van der Waals surface area (Å²) in [5.74, 6) is 0.390. The summed E-state index contributed by atoms with van der Waals surface area (Å²) in [6.07, 6.45) is 0.946. The summed E-state index contributed by atoms with van der Waals surface area (Å²) in [5, 5.41) is 0.0805. The van der Waals surface area contributed by atoms with E-state index in [0.29, 0.717) is 5.92 Å². The molecule has 14 heavy (non-hydrogen) atoms. The smallest absolute Gasteiger partial charge is 0.0793 e. The van der Waals surface area contributed by atoms with Gasteiger partial charge in [-0.2, -0.15) is 0 Å². The largest absolute Gasteiger partial charge is 0.379 e. The molecule has 0 aromatic carbocycles. The third-order valence-corrected chi connectivity index (χ3v) is 3.94. The zero-order chi connectivity index (χ0) is 11.0. The summed E-state index contributed by atoms with van der Waals surface area (Å²) < 4.78 is 11.1. The first kappa shape index (κ1) is 12.3. The number of hydrogen-bond donors (Lipinski definition) is 0. The van der Waals surface area contributed by atoms with Crippen molar-refractivity contribution >= 4 is 11.6 Å². The molecule has 0 amide bonds. The molecule has 0 bridgehead atoms. The Morgan fingerprint density at radius 3 is 2.43 bits per heavy atom. The quantitative estimate of drug-likeness (QED) is 0.681. The molecule has 1 fully saturated rings. The normalized spacial score (nSPS) is 32.1.